The molecule has 1 fully saturated rings. The van der Waals surface area contributed by atoms with Gasteiger partial charge >= 0.3 is 0 Å². The average Bonchev–Trinajstić information content (AvgIpc) is 2.70. The van der Waals surface area contributed by atoms with Crippen LogP contribution in [0.3, 0.4) is 0 Å². The van der Waals surface area contributed by atoms with E-state index in [1.54, 1.807) is 36.4 Å². The lowest BCUT2D eigenvalue weighted by molar-refractivity contribution is 0.0927. The third kappa shape index (κ3) is 5.35. The average molecular weight is 445 g/mol. The summed E-state index contributed by atoms with van der Waals surface area (Å²) < 4.78 is 6.34. The molecule has 0 spiro atoms. The minimum atomic E-state index is -0.260. The monoisotopic (exact) mass is 444 g/mol. The molecule has 0 heterocycles. The number of ether oxygens (including phenoxy) is 1. The van der Waals surface area contributed by atoms with Crippen LogP contribution >= 0.6 is 15.9 Å². The molecule has 2 aromatic carbocycles. The zero-order chi connectivity index (χ0) is 19.9. The summed E-state index contributed by atoms with van der Waals surface area (Å²) in [6.45, 7) is 2.35. The fraction of sp³-hybridized carbons (Fsp3) is 0.364. The molecule has 2 N–H and O–H groups in total. The van der Waals surface area contributed by atoms with Crippen molar-refractivity contribution >= 4 is 33.4 Å². The first-order valence-electron chi connectivity index (χ1n) is 9.71. The molecule has 1 aliphatic carbocycles. The first kappa shape index (κ1) is 20.4. The Kier molecular flexibility index (Phi) is 7.09. The molecule has 2 aromatic rings. The molecule has 3 rings (SSSR count). The lowest BCUT2D eigenvalue weighted by Crippen LogP contribution is -2.36. The second kappa shape index (κ2) is 9.73. The van der Waals surface area contributed by atoms with Gasteiger partial charge < -0.3 is 15.4 Å². The molecule has 1 saturated carbocycles. The minimum Gasteiger partial charge on any atom is -0.493 e. The van der Waals surface area contributed by atoms with E-state index < -0.39 is 0 Å². The summed E-state index contributed by atoms with van der Waals surface area (Å²) in [4.78, 5) is 25.1. The number of carbonyl (C=O) groups excluding carboxylic acids is 2. The fourth-order valence-electron chi connectivity index (χ4n) is 3.38. The highest BCUT2D eigenvalue weighted by Gasteiger charge is 2.17. The summed E-state index contributed by atoms with van der Waals surface area (Å²) in [6, 6.07) is 12.6. The van der Waals surface area contributed by atoms with E-state index in [4.69, 9.17) is 4.74 Å². The molecule has 28 heavy (non-hydrogen) atoms. The molecule has 0 atom stereocenters. The van der Waals surface area contributed by atoms with Crippen LogP contribution in [0.25, 0.3) is 0 Å². The lowest BCUT2D eigenvalue weighted by atomic mass is 9.95. The Bertz CT molecular complexity index is 830. The van der Waals surface area contributed by atoms with Crippen LogP contribution in [-0.2, 0) is 0 Å². The van der Waals surface area contributed by atoms with Crippen LogP contribution in [0.2, 0.25) is 0 Å². The highest BCUT2D eigenvalue weighted by Crippen LogP contribution is 2.25. The van der Waals surface area contributed by atoms with Crippen molar-refractivity contribution in [2.24, 2.45) is 0 Å². The maximum atomic E-state index is 12.7. The van der Waals surface area contributed by atoms with E-state index in [0.29, 0.717) is 29.2 Å². The maximum Gasteiger partial charge on any atom is 0.259 e. The molecule has 1 aliphatic rings. The van der Waals surface area contributed by atoms with Crippen molar-refractivity contribution in [3.8, 4) is 5.75 Å². The molecular weight excluding hydrogens is 420 g/mol. The molecule has 0 unspecified atom stereocenters. The van der Waals surface area contributed by atoms with Gasteiger partial charge in [0.15, 0.2) is 0 Å². The van der Waals surface area contributed by atoms with Crippen molar-refractivity contribution in [3.05, 3.63) is 58.1 Å². The van der Waals surface area contributed by atoms with Crippen molar-refractivity contribution in [3.63, 3.8) is 0 Å². The van der Waals surface area contributed by atoms with Gasteiger partial charge in [0, 0.05) is 21.8 Å². The molecule has 2 amide bonds. The predicted octanol–water partition coefficient (Wildman–Crippen LogP) is 5.16. The SMILES string of the molecule is CCOc1ccc(Br)cc1C(=O)Nc1ccc(C(=O)NC2CCCCC2)cc1. The number of anilines is 1. The van der Waals surface area contributed by atoms with Crippen LogP contribution in [0.4, 0.5) is 5.69 Å². The van der Waals surface area contributed by atoms with Crippen LogP contribution in [0.15, 0.2) is 46.9 Å². The smallest absolute Gasteiger partial charge is 0.259 e. The Morgan fingerprint density at radius 1 is 1.04 bits per heavy atom. The number of amides is 2. The van der Waals surface area contributed by atoms with Crippen molar-refractivity contribution in [2.75, 3.05) is 11.9 Å². The van der Waals surface area contributed by atoms with Crippen molar-refractivity contribution < 1.29 is 14.3 Å². The minimum absolute atomic E-state index is 0.0598. The summed E-state index contributed by atoms with van der Waals surface area (Å²) in [5.74, 6) is 0.214. The third-order valence-electron chi connectivity index (χ3n) is 4.83. The first-order valence-corrected chi connectivity index (χ1v) is 10.5. The van der Waals surface area contributed by atoms with E-state index in [0.717, 1.165) is 17.3 Å². The number of rotatable bonds is 6. The van der Waals surface area contributed by atoms with Crippen molar-refractivity contribution in [1.82, 2.24) is 5.32 Å². The van der Waals surface area contributed by atoms with Gasteiger partial charge in [-0.1, -0.05) is 35.2 Å². The number of hydrogen-bond acceptors (Lipinski definition) is 3. The standard InChI is InChI=1S/C22H25BrN2O3/c1-2-28-20-13-10-16(23)14-19(20)22(27)25-18-11-8-15(9-12-18)21(26)24-17-6-4-3-5-7-17/h8-14,17H,2-7H2,1H3,(H,24,26)(H,25,27). The summed E-state index contributed by atoms with van der Waals surface area (Å²) in [6.07, 6.45) is 5.71. The van der Waals surface area contributed by atoms with E-state index in [1.165, 1.54) is 19.3 Å². The summed E-state index contributed by atoms with van der Waals surface area (Å²) >= 11 is 3.39. The fourth-order valence-corrected chi connectivity index (χ4v) is 3.74. The van der Waals surface area contributed by atoms with Crippen LogP contribution < -0.4 is 15.4 Å². The van der Waals surface area contributed by atoms with E-state index in [9.17, 15) is 9.59 Å². The summed E-state index contributed by atoms with van der Waals surface area (Å²) in [7, 11) is 0. The Hall–Kier alpha value is -2.34. The summed E-state index contributed by atoms with van der Waals surface area (Å²) in [5.41, 5.74) is 1.68. The van der Waals surface area contributed by atoms with Gasteiger partial charge in [-0.25, -0.2) is 0 Å². The van der Waals surface area contributed by atoms with E-state index in [1.807, 2.05) is 13.0 Å². The topological polar surface area (TPSA) is 67.4 Å². The van der Waals surface area contributed by atoms with Gasteiger partial charge in [-0.3, -0.25) is 9.59 Å². The van der Waals surface area contributed by atoms with E-state index >= 15 is 0 Å². The quantitative estimate of drug-likeness (QED) is 0.645. The van der Waals surface area contributed by atoms with Gasteiger partial charge in [0.1, 0.15) is 5.75 Å². The second-order valence-electron chi connectivity index (χ2n) is 6.91. The maximum absolute atomic E-state index is 12.7. The number of halogens is 1. The Balaban J connectivity index is 1.64. The highest BCUT2D eigenvalue weighted by molar-refractivity contribution is 9.10. The number of nitrogens with one attached hydrogen (secondary N) is 2. The Labute approximate surface area is 174 Å². The van der Waals surface area contributed by atoms with Gasteiger partial charge in [0.25, 0.3) is 11.8 Å². The van der Waals surface area contributed by atoms with E-state index in [2.05, 4.69) is 26.6 Å². The van der Waals surface area contributed by atoms with Gasteiger partial charge in [0.2, 0.25) is 0 Å². The number of carbonyl (C=O) groups is 2. The van der Waals surface area contributed by atoms with Gasteiger partial charge in [-0.05, 0) is 62.2 Å². The zero-order valence-electron chi connectivity index (χ0n) is 16.0. The van der Waals surface area contributed by atoms with Crippen LogP contribution in [0, 0.1) is 0 Å². The molecule has 0 aliphatic heterocycles. The van der Waals surface area contributed by atoms with Crippen LogP contribution in [-0.4, -0.2) is 24.5 Å². The second-order valence-corrected chi connectivity index (χ2v) is 7.83. The largest absolute Gasteiger partial charge is 0.493 e. The normalized spacial score (nSPS) is 14.4. The van der Waals surface area contributed by atoms with E-state index in [-0.39, 0.29) is 17.9 Å². The predicted molar refractivity (Wildman–Crippen MR) is 114 cm³/mol. The lowest BCUT2D eigenvalue weighted by Gasteiger charge is -2.22. The van der Waals surface area contributed by atoms with Gasteiger partial charge in [0.05, 0.1) is 12.2 Å². The number of hydrogen-bond donors (Lipinski definition) is 2. The first-order chi connectivity index (χ1) is 13.6. The summed E-state index contributed by atoms with van der Waals surface area (Å²) in [5, 5.41) is 5.96. The molecule has 0 radical (unpaired) electrons. The highest BCUT2D eigenvalue weighted by atomic mass is 79.9. The molecule has 0 saturated heterocycles. The molecule has 0 bridgehead atoms. The van der Waals surface area contributed by atoms with Gasteiger partial charge in [-0.15, -0.1) is 0 Å². The van der Waals surface area contributed by atoms with Crippen LogP contribution in [0.5, 0.6) is 5.75 Å². The molecular formula is C22H25BrN2O3. The van der Waals surface area contributed by atoms with Crippen LogP contribution in [0.1, 0.15) is 59.7 Å². The molecule has 0 aromatic heterocycles. The van der Waals surface area contributed by atoms with Gasteiger partial charge in [-0.2, -0.15) is 0 Å². The molecule has 5 nitrogen and oxygen atoms in total. The Morgan fingerprint density at radius 3 is 2.43 bits per heavy atom. The van der Waals surface area contributed by atoms with Crippen molar-refractivity contribution in [1.29, 1.82) is 0 Å². The number of benzene rings is 2. The third-order valence-corrected chi connectivity index (χ3v) is 5.32. The Morgan fingerprint density at radius 2 is 1.75 bits per heavy atom. The van der Waals surface area contributed by atoms with Crippen molar-refractivity contribution in [2.45, 2.75) is 45.1 Å². The molecule has 148 valence electrons. The zero-order valence-corrected chi connectivity index (χ0v) is 17.6. The molecule has 6 heteroatoms.